The molecule has 5 rings (SSSR count). The summed E-state index contributed by atoms with van der Waals surface area (Å²) in [5.41, 5.74) is 10.4. The summed E-state index contributed by atoms with van der Waals surface area (Å²) in [7, 11) is 0. The monoisotopic (exact) mass is 555 g/mol. The second-order valence-corrected chi connectivity index (χ2v) is 11.7. The number of benzene rings is 1. The SMILES string of the molecule is C=C(C1CCN(Cc2cnc(N)nc2)CC1)N1CCC(n2c(SCC)nc3cc(Br)ccc32)CC1. The molecule has 7 nitrogen and oxygen atoms in total. The molecule has 9 heteroatoms. The molecule has 186 valence electrons. The highest BCUT2D eigenvalue weighted by atomic mass is 79.9. The molecule has 2 aromatic heterocycles. The molecule has 35 heavy (non-hydrogen) atoms. The van der Waals surface area contributed by atoms with Crippen LogP contribution in [0.3, 0.4) is 0 Å². The zero-order chi connectivity index (χ0) is 24.4. The first kappa shape index (κ1) is 24.6. The second kappa shape index (κ2) is 10.9. The van der Waals surface area contributed by atoms with Crippen LogP contribution in [0, 0.1) is 5.92 Å². The quantitative estimate of drug-likeness (QED) is 0.394. The molecule has 0 unspecified atom stereocenters. The Hall–Kier alpha value is -2.10. The highest BCUT2D eigenvalue weighted by Gasteiger charge is 2.29. The zero-order valence-corrected chi connectivity index (χ0v) is 22.8. The molecule has 1 aromatic carbocycles. The van der Waals surface area contributed by atoms with E-state index in [2.05, 4.69) is 72.0 Å². The Labute approximate surface area is 220 Å². The number of nitrogens with two attached hydrogens (primary N) is 1. The Morgan fingerprint density at radius 1 is 1.11 bits per heavy atom. The first-order chi connectivity index (χ1) is 17.0. The van der Waals surface area contributed by atoms with Gasteiger partial charge in [0.1, 0.15) is 0 Å². The number of hydrogen-bond acceptors (Lipinski definition) is 7. The Bertz CT molecular complexity index is 1160. The number of nitrogens with zero attached hydrogens (tertiary/aromatic N) is 6. The number of piperidine rings is 2. The minimum absolute atomic E-state index is 0.335. The topological polar surface area (TPSA) is 76.1 Å². The standard InChI is InChI=1S/C26H34BrN7S/c1-3-35-26-31-23-14-21(27)4-5-24(23)34(26)22-8-12-33(13-9-22)18(2)20-6-10-32(11-7-20)17-19-15-29-25(28)30-16-19/h4-5,14-16,20,22H,2-3,6-13,17H2,1H3,(H2,28,29,30). The maximum Gasteiger partial charge on any atom is 0.219 e. The van der Waals surface area contributed by atoms with Crippen LogP contribution in [0.1, 0.15) is 44.2 Å². The van der Waals surface area contributed by atoms with Crippen LogP contribution >= 0.6 is 27.7 Å². The molecule has 4 heterocycles. The molecule has 0 radical (unpaired) electrons. The fourth-order valence-electron chi connectivity index (χ4n) is 5.43. The summed E-state index contributed by atoms with van der Waals surface area (Å²) in [6, 6.07) is 6.96. The Kier molecular flexibility index (Phi) is 7.65. The second-order valence-electron chi connectivity index (χ2n) is 9.54. The number of aromatic nitrogens is 4. The number of anilines is 1. The normalized spacial score (nSPS) is 18.4. The average Bonchev–Trinajstić information content (AvgIpc) is 3.22. The first-order valence-electron chi connectivity index (χ1n) is 12.5. The van der Waals surface area contributed by atoms with Crippen molar-refractivity contribution in [1.82, 2.24) is 29.3 Å². The predicted molar refractivity (Wildman–Crippen MR) is 147 cm³/mol. The maximum atomic E-state index is 5.61. The van der Waals surface area contributed by atoms with Crippen LogP contribution in [0.25, 0.3) is 11.0 Å². The summed E-state index contributed by atoms with van der Waals surface area (Å²) < 4.78 is 3.58. The van der Waals surface area contributed by atoms with E-state index in [-0.39, 0.29) is 0 Å². The third kappa shape index (κ3) is 5.52. The summed E-state index contributed by atoms with van der Waals surface area (Å²) in [6.07, 6.45) is 8.26. The van der Waals surface area contributed by atoms with Crippen molar-refractivity contribution in [2.45, 2.75) is 50.4 Å². The summed E-state index contributed by atoms with van der Waals surface area (Å²) in [5.74, 6) is 1.94. The van der Waals surface area contributed by atoms with Crippen molar-refractivity contribution in [3.63, 3.8) is 0 Å². The van der Waals surface area contributed by atoms with E-state index < -0.39 is 0 Å². The average molecular weight is 557 g/mol. The first-order valence-corrected chi connectivity index (χ1v) is 14.3. The van der Waals surface area contributed by atoms with Gasteiger partial charge in [0.25, 0.3) is 0 Å². The van der Waals surface area contributed by atoms with Crippen molar-refractivity contribution in [3.8, 4) is 0 Å². The molecule has 2 saturated heterocycles. The van der Waals surface area contributed by atoms with Crippen molar-refractivity contribution in [1.29, 1.82) is 0 Å². The van der Waals surface area contributed by atoms with Gasteiger partial charge in [-0.05, 0) is 62.7 Å². The fourth-order valence-corrected chi connectivity index (χ4v) is 6.59. The fraction of sp³-hybridized carbons (Fsp3) is 0.500. The van der Waals surface area contributed by atoms with Gasteiger partial charge in [0.05, 0.1) is 11.0 Å². The molecule has 0 aliphatic carbocycles. The number of nitrogen functional groups attached to an aromatic ring is 1. The molecule has 2 N–H and O–H groups in total. The number of likely N-dealkylation sites (tertiary alicyclic amines) is 2. The van der Waals surface area contributed by atoms with Crippen LogP contribution in [-0.2, 0) is 6.54 Å². The highest BCUT2D eigenvalue weighted by Crippen LogP contribution is 2.36. The molecule has 2 fully saturated rings. The van der Waals surface area contributed by atoms with Crippen LogP contribution in [0.4, 0.5) is 5.95 Å². The highest BCUT2D eigenvalue weighted by molar-refractivity contribution is 9.10. The van der Waals surface area contributed by atoms with Gasteiger partial charge in [0.15, 0.2) is 5.16 Å². The van der Waals surface area contributed by atoms with E-state index >= 15 is 0 Å². The number of imidazole rings is 1. The van der Waals surface area contributed by atoms with Gasteiger partial charge in [0.2, 0.25) is 5.95 Å². The van der Waals surface area contributed by atoms with Gasteiger partial charge in [-0.3, -0.25) is 4.90 Å². The molecular weight excluding hydrogens is 522 g/mol. The predicted octanol–water partition coefficient (Wildman–Crippen LogP) is 5.35. The molecule has 0 atom stereocenters. The molecular formula is C26H34BrN7S. The number of fused-ring (bicyclic) bond motifs is 1. The van der Waals surface area contributed by atoms with Crippen molar-refractivity contribution >= 4 is 44.7 Å². The van der Waals surface area contributed by atoms with Crippen LogP contribution in [0.2, 0.25) is 0 Å². The number of thioether (sulfide) groups is 1. The minimum atomic E-state index is 0.335. The van der Waals surface area contributed by atoms with Crippen molar-refractivity contribution in [2.75, 3.05) is 37.7 Å². The van der Waals surface area contributed by atoms with Gasteiger partial charge in [-0.15, -0.1) is 0 Å². The third-order valence-corrected chi connectivity index (χ3v) is 8.65. The van der Waals surface area contributed by atoms with Crippen molar-refractivity contribution < 1.29 is 0 Å². The number of rotatable bonds is 7. The minimum Gasteiger partial charge on any atom is -0.375 e. The third-order valence-electron chi connectivity index (χ3n) is 7.32. The van der Waals surface area contributed by atoms with Gasteiger partial charge in [-0.1, -0.05) is 41.2 Å². The smallest absolute Gasteiger partial charge is 0.219 e. The van der Waals surface area contributed by atoms with Crippen molar-refractivity contribution in [3.05, 3.63) is 52.9 Å². The molecule has 0 amide bonds. The van der Waals surface area contributed by atoms with Gasteiger partial charge in [-0.2, -0.15) is 0 Å². The van der Waals surface area contributed by atoms with Crippen LogP contribution in [-0.4, -0.2) is 61.3 Å². The van der Waals surface area contributed by atoms with E-state index in [0.717, 1.165) is 84.9 Å². The molecule has 0 saturated carbocycles. The molecule has 3 aromatic rings. The Balaban J connectivity index is 1.17. The van der Waals surface area contributed by atoms with E-state index in [9.17, 15) is 0 Å². The largest absolute Gasteiger partial charge is 0.375 e. The number of allylic oxidation sites excluding steroid dienone is 1. The lowest BCUT2D eigenvalue weighted by Crippen LogP contribution is -2.40. The van der Waals surface area contributed by atoms with E-state index in [1.165, 1.54) is 11.2 Å². The van der Waals surface area contributed by atoms with Crippen LogP contribution < -0.4 is 5.73 Å². The Morgan fingerprint density at radius 3 is 2.51 bits per heavy atom. The lowest BCUT2D eigenvalue weighted by molar-refractivity contribution is 0.153. The van der Waals surface area contributed by atoms with E-state index in [0.29, 0.717) is 17.9 Å². The lowest BCUT2D eigenvalue weighted by atomic mass is 9.91. The summed E-state index contributed by atoms with van der Waals surface area (Å²) in [4.78, 5) is 18.2. The van der Waals surface area contributed by atoms with Crippen LogP contribution in [0.15, 0.2) is 52.5 Å². The van der Waals surface area contributed by atoms with Gasteiger partial charge in [0, 0.05) is 59.7 Å². The van der Waals surface area contributed by atoms with Crippen molar-refractivity contribution in [2.24, 2.45) is 5.92 Å². The molecule has 0 bridgehead atoms. The summed E-state index contributed by atoms with van der Waals surface area (Å²) >= 11 is 5.44. The summed E-state index contributed by atoms with van der Waals surface area (Å²) in [6.45, 7) is 11.9. The lowest BCUT2D eigenvalue weighted by Gasteiger charge is -2.41. The molecule has 2 aliphatic rings. The molecule has 0 spiro atoms. The van der Waals surface area contributed by atoms with E-state index in [4.69, 9.17) is 10.7 Å². The Morgan fingerprint density at radius 2 is 1.83 bits per heavy atom. The molecule has 2 aliphatic heterocycles. The summed E-state index contributed by atoms with van der Waals surface area (Å²) in [5, 5.41) is 1.15. The number of halogens is 1. The van der Waals surface area contributed by atoms with Gasteiger partial charge >= 0.3 is 0 Å². The van der Waals surface area contributed by atoms with E-state index in [1.807, 2.05) is 24.2 Å². The van der Waals surface area contributed by atoms with E-state index in [1.54, 1.807) is 0 Å². The van der Waals surface area contributed by atoms with Gasteiger partial charge < -0.3 is 15.2 Å². The van der Waals surface area contributed by atoms with Gasteiger partial charge in [-0.25, -0.2) is 15.0 Å². The zero-order valence-electron chi connectivity index (χ0n) is 20.4. The number of hydrogen-bond donors (Lipinski definition) is 1. The van der Waals surface area contributed by atoms with Crippen LogP contribution in [0.5, 0.6) is 0 Å². The maximum absolute atomic E-state index is 5.61.